The van der Waals surface area contributed by atoms with E-state index in [1.807, 2.05) is 6.08 Å². The average molecular weight is 1100 g/mol. The number of rotatable bonds is 61. The predicted molar refractivity (Wildman–Crippen MR) is 344 cm³/mol. The van der Waals surface area contributed by atoms with E-state index in [-0.39, 0.29) is 37.5 Å². The third-order valence-electron chi connectivity index (χ3n) is 14.6. The lowest BCUT2D eigenvalue weighted by atomic mass is 10.0. The van der Waals surface area contributed by atoms with Gasteiger partial charge in [0.2, 0.25) is 0 Å². The van der Waals surface area contributed by atoms with Crippen molar-refractivity contribution in [2.24, 2.45) is 0 Å². The summed E-state index contributed by atoms with van der Waals surface area (Å²) in [7, 11) is 0. The highest BCUT2D eigenvalue weighted by Crippen LogP contribution is 2.17. The maximum Gasteiger partial charge on any atom is 0.306 e. The van der Waals surface area contributed by atoms with Gasteiger partial charge in [0, 0.05) is 19.3 Å². The number of carbonyl (C=O) groups is 3. The minimum absolute atomic E-state index is 0.102. The Balaban J connectivity index is 4.21. The third-order valence-corrected chi connectivity index (χ3v) is 14.6. The fourth-order valence-corrected chi connectivity index (χ4v) is 9.59. The lowest BCUT2D eigenvalue weighted by Crippen LogP contribution is -2.30. The van der Waals surface area contributed by atoms with E-state index in [0.29, 0.717) is 19.3 Å². The van der Waals surface area contributed by atoms with Crippen LogP contribution < -0.4 is 0 Å². The van der Waals surface area contributed by atoms with E-state index in [4.69, 9.17) is 14.2 Å². The molecular formula is C73H126O6. The molecule has 0 heterocycles. The van der Waals surface area contributed by atoms with Gasteiger partial charge in [-0.3, -0.25) is 14.4 Å². The van der Waals surface area contributed by atoms with Gasteiger partial charge in [0.1, 0.15) is 13.2 Å². The molecule has 79 heavy (non-hydrogen) atoms. The number of hydrogen-bond donors (Lipinski definition) is 0. The van der Waals surface area contributed by atoms with E-state index in [0.717, 1.165) is 89.9 Å². The molecule has 0 fully saturated rings. The van der Waals surface area contributed by atoms with Gasteiger partial charge < -0.3 is 14.2 Å². The van der Waals surface area contributed by atoms with Crippen molar-refractivity contribution in [3.63, 3.8) is 0 Å². The van der Waals surface area contributed by atoms with Crippen LogP contribution in [0, 0.1) is 0 Å². The number of carbonyl (C=O) groups excluding carboxylic acids is 3. The molecule has 0 saturated heterocycles. The van der Waals surface area contributed by atoms with Crippen LogP contribution in [0.5, 0.6) is 0 Å². The van der Waals surface area contributed by atoms with E-state index in [2.05, 4.69) is 112 Å². The van der Waals surface area contributed by atoms with Crippen LogP contribution >= 0.6 is 0 Å². The summed E-state index contributed by atoms with van der Waals surface area (Å²) in [5.41, 5.74) is 0. The summed E-state index contributed by atoms with van der Waals surface area (Å²) in [5.74, 6) is -0.987. The molecule has 0 aliphatic heterocycles. The Kier molecular flexibility index (Phi) is 63.7. The summed E-state index contributed by atoms with van der Waals surface area (Å²) >= 11 is 0. The van der Waals surface area contributed by atoms with Crippen molar-refractivity contribution in [1.29, 1.82) is 0 Å². The summed E-state index contributed by atoms with van der Waals surface area (Å²) in [6.45, 7) is 6.37. The molecule has 0 radical (unpaired) electrons. The second kappa shape index (κ2) is 66.8. The molecule has 6 heteroatoms. The van der Waals surface area contributed by atoms with Gasteiger partial charge in [-0.25, -0.2) is 0 Å². The fourth-order valence-electron chi connectivity index (χ4n) is 9.59. The Hall–Kier alpha value is -3.67. The van der Waals surface area contributed by atoms with Gasteiger partial charge in [0.05, 0.1) is 0 Å². The van der Waals surface area contributed by atoms with Gasteiger partial charge in [-0.2, -0.15) is 0 Å². The van der Waals surface area contributed by atoms with Crippen LogP contribution in [0.4, 0.5) is 0 Å². The zero-order chi connectivity index (χ0) is 57.1. The molecule has 454 valence electrons. The molecule has 6 nitrogen and oxygen atoms in total. The SMILES string of the molecule is CC/C=C\C/C=C\C/C=C\C/C=C\CCC(=O)OCC(COC(=O)CCCCCCCCCCCCCCCCCCCCC/C=C\CCCCCCCCCC)OC(=O)CCCCCCCCC/C=C\C/C=C\C/C=C\CC. The average Bonchev–Trinajstić information content (AvgIpc) is 3.45. The molecule has 0 spiro atoms. The van der Waals surface area contributed by atoms with Crippen molar-refractivity contribution in [2.45, 2.75) is 335 Å². The highest BCUT2D eigenvalue weighted by Gasteiger charge is 2.19. The number of ether oxygens (including phenoxy) is 3. The molecule has 0 rings (SSSR count). The molecule has 1 atom stereocenters. The van der Waals surface area contributed by atoms with Gasteiger partial charge in [-0.15, -0.1) is 0 Å². The van der Waals surface area contributed by atoms with Crippen LogP contribution in [-0.2, 0) is 28.6 Å². The quantitative estimate of drug-likeness (QED) is 0.0261. The molecule has 0 aromatic heterocycles. The Labute approximate surface area is 489 Å². The standard InChI is InChI=1S/C73H126O6/c1-4-7-10-13-16-19-22-25-27-29-30-31-32-33-34-35-36-37-38-39-40-41-42-44-45-48-51-54-57-60-63-66-72(75)78-69-70(68-77-71(74)65-62-59-56-53-50-47-24-21-18-15-12-9-6-3)79-73(76)67-64-61-58-55-52-49-46-43-28-26-23-20-17-14-11-8-5-2/h8-9,11-12,17-18,20-21,26,28-30,47,50,56,59,70H,4-7,10,13-16,19,22-25,27,31-46,48-49,51-55,57-58,60-69H2,1-3H3/b11-8-,12-9-,20-17-,21-18-,28-26-,30-29-,50-47-,59-56-. The Bertz CT molecular complexity index is 1540. The van der Waals surface area contributed by atoms with Crippen LogP contribution in [0.1, 0.15) is 329 Å². The molecule has 0 N–H and O–H groups in total. The first-order valence-corrected chi connectivity index (χ1v) is 33.7. The number of esters is 3. The first-order valence-electron chi connectivity index (χ1n) is 33.7. The van der Waals surface area contributed by atoms with Crippen molar-refractivity contribution in [3.05, 3.63) is 97.2 Å². The van der Waals surface area contributed by atoms with Crippen molar-refractivity contribution >= 4 is 17.9 Å². The monoisotopic (exact) mass is 1100 g/mol. The Morgan fingerprint density at radius 2 is 0.519 bits per heavy atom. The minimum atomic E-state index is -0.812. The molecule has 0 saturated carbocycles. The minimum Gasteiger partial charge on any atom is -0.462 e. The van der Waals surface area contributed by atoms with E-state index >= 15 is 0 Å². The molecule has 0 amide bonds. The molecule has 0 aromatic carbocycles. The number of allylic oxidation sites excluding steroid dienone is 16. The molecular weight excluding hydrogens is 973 g/mol. The fraction of sp³-hybridized carbons (Fsp3) is 0.740. The summed E-state index contributed by atoms with van der Waals surface area (Å²) in [5, 5.41) is 0. The topological polar surface area (TPSA) is 78.9 Å². The zero-order valence-corrected chi connectivity index (χ0v) is 52.1. The lowest BCUT2D eigenvalue weighted by molar-refractivity contribution is -0.166. The van der Waals surface area contributed by atoms with Crippen molar-refractivity contribution in [2.75, 3.05) is 13.2 Å². The largest absolute Gasteiger partial charge is 0.462 e. The van der Waals surface area contributed by atoms with Crippen LogP contribution in [0.15, 0.2) is 97.2 Å². The van der Waals surface area contributed by atoms with E-state index in [1.165, 1.54) is 193 Å². The van der Waals surface area contributed by atoms with Gasteiger partial charge in [0.25, 0.3) is 0 Å². The first-order chi connectivity index (χ1) is 39.0. The smallest absolute Gasteiger partial charge is 0.306 e. The van der Waals surface area contributed by atoms with Crippen LogP contribution in [0.3, 0.4) is 0 Å². The number of unbranched alkanes of at least 4 members (excludes halogenated alkanes) is 34. The molecule has 1 unspecified atom stereocenters. The van der Waals surface area contributed by atoms with Crippen LogP contribution in [0.2, 0.25) is 0 Å². The molecule has 0 aromatic rings. The second-order valence-corrected chi connectivity index (χ2v) is 22.3. The van der Waals surface area contributed by atoms with Gasteiger partial charge >= 0.3 is 17.9 Å². The van der Waals surface area contributed by atoms with Crippen LogP contribution in [-0.4, -0.2) is 37.2 Å². The van der Waals surface area contributed by atoms with Crippen molar-refractivity contribution in [1.82, 2.24) is 0 Å². The summed E-state index contributed by atoms with van der Waals surface area (Å²) < 4.78 is 16.8. The summed E-state index contributed by atoms with van der Waals surface area (Å²) in [6, 6.07) is 0. The van der Waals surface area contributed by atoms with Crippen molar-refractivity contribution in [3.8, 4) is 0 Å². The van der Waals surface area contributed by atoms with E-state index in [1.54, 1.807) is 0 Å². The third kappa shape index (κ3) is 65.0. The highest BCUT2D eigenvalue weighted by atomic mass is 16.6. The molecule has 0 aliphatic carbocycles. The van der Waals surface area contributed by atoms with E-state index < -0.39 is 6.10 Å². The van der Waals surface area contributed by atoms with Gasteiger partial charge in [-0.1, -0.05) is 304 Å². The highest BCUT2D eigenvalue weighted by molar-refractivity contribution is 5.71. The second-order valence-electron chi connectivity index (χ2n) is 22.3. The maximum absolute atomic E-state index is 12.9. The van der Waals surface area contributed by atoms with Gasteiger partial charge in [0.15, 0.2) is 6.10 Å². The normalized spacial score (nSPS) is 12.7. The molecule has 0 bridgehead atoms. The Morgan fingerprint density at radius 3 is 0.861 bits per heavy atom. The van der Waals surface area contributed by atoms with Gasteiger partial charge in [-0.05, 0) is 103 Å². The zero-order valence-electron chi connectivity index (χ0n) is 52.1. The molecule has 0 aliphatic rings. The van der Waals surface area contributed by atoms with Crippen molar-refractivity contribution < 1.29 is 28.6 Å². The lowest BCUT2D eigenvalue weighted by Gasteiger charge is -2.18. The first kappa shape index (κ1) is 75.3. The van der Waals surface area contributed by atoms with Crippen LogP contribution in [0.25, 0.3) is 0 Å². The predicted octanol–water partition coefficient (Wildman–Crippen LogP) is 23.2. The maximum atomic E-state index is 12.9. The number of hydrogen-bond acceptors (Lipinski definition) is 6. The Morgan fingerprint density at radius 1 is 0.266 bits per heavy atom. The summed E-state index contributed by atoms with van der Waals surface area (Å²) in [6.07, 6.45) is 90.4. The van der Waals surface area contributed by atoms with E-state index in [9.17, 15) is 14.4 Å². The summed E-state index contributed by atoms with van der Waals surface area (Å²) in [4.78, 5) is 38.3.